The Morgan fingerprint density at radius 1 is 1.24 bits per heavy atom. The molecule has 1 saturated carbocycles. The first kappa shape index (κ1) is 19.7. The molecule has 5 nitrogen and oxygen atoms in total. The van der Waals surface area contributed by atoms with Gasteiger partial charge in [0.1, 0.15) is 0 Å². The van der Waals surface area contributed by atoms with Crippen LogP contribution in [0.25, 0.3) is 0 Å². The molecule has 0 radical (unpaired) electrons. The van der Waals surface area contributed by atoms with Crippen LogP contribution in [0.1, 0.15) is 56.3 Å². The lowest BCUT2D eigenvalue weighted by Gasteiger charge is -2.31. The molecule has 25 heavy (non-hydrogen) atoms. The number of amides is 2. The molecule has 0 heterocycles. The zero-order chi connectivity index (χ0) is 18.6. The van der Waals surface area contributed by atoms with Crippen molar-refractivity contribution in [2.45, 2.75) is 58.0 Å². The van der Waals surface area contributed by atoms with E-state index in [1.807, 2.05) is 20.9 Å². The van der Waals surface area contributed by atoms with Crippen LogP contribution in [0.2, 0.25) is 5.02 Å². The van der Waals surface area contributed by atoms with Gasteiger partial charge in [-0.2, -0.15) is 0 Å². The molecule has 3 N–H and O–H groups in total. The quantitative estimate of drug-likeness (QED) is 0.835. The van der Waals surface area contributed by atoms with Gasteiger partial charge in [0.15, 0.2) is 0 Å². The standard InChI is InChI=1S/C19H28ClN3O2/c1-12(2)17(21)18(24)22-13-9-10-15(16(20)11-13)19(25)23(3)14-7-5-4-6-8-14/h9-12,14,17H,4-8,21H2,1-3H3,(H,22,24)/t17-/m0/s1. The Morgan fingerprint density at radius 3 is 2.44 bits per heavy atom. The van der Waals surface area contributed by atoms with Crippen LogP contribution in [0.4, 0.5) is 5.69 Å². The summed E-state index contributed by atoms with van der Waals surface area (Å²) in [5.74, 6) is -0.293. The summed E-state index contributed by atoms with van der Waals surface area (Å²) in [5, 5.41) is 3.09. The predicted octanol–water partition coefficient (Wildman–Crippen LogP) is 3.67. The van der Waals surface area contributed by atoms with Crippen LogP contribution in [0.3, 0.4) is 0 Å². The maximum atomic E-state index is 12.7. The van der Waals surface area contributed by atoms with Gasteiger partial charge >= 0.3 is 0 Å². The van der Waals surface area contributed by atoms with Crippen molar-refractivity contribution in [1.29, 1.82) is 0 Å². The molecule has 2 rings (SSSR count). The van der Waals surface area contributed by atoms with E-state index in [0.717, 1.165) is 25.7 Å². The smallest absolute Gasteiger partial charge is 0.255 e. The molecular formula is C19H28ClN3O2. The second-order valence-electron chi connectivity index (χ2n) is 7.16. The number of hydrogen-bond acceptors (Lipinski definition) is 3. The molecule has 0 saturated heterocycles. The van der Waals surface area contributed by atoms with E-state index < -0.39 is 6.04 Å². The topological polar surface area (TPSA) is 75.4 Å². The van der Waals surface area contributed by atoms with E-state index >= 15 is 0 Å². The zero-order valence-electron chi connectivity index (χ0n) is 15.2. The Labute approximate surface area is 154 Å². The van der Waals surface area contributed by atoms with Crippen LogP contribution in [0.15, 0.2) is 18.2 Å². The minimum absolute atomic E-state index is 0.0421. The van der Waals surface area contributed by atoms with Crippen molar-refractivity contribution in [3.63, 3.8) is 0 Å². The lowest BCUT2D eigenvalue weighted by Crippen LogP contribution is -2.39. The highest BCUT2D eigenvalue weighted by molar-refractivity contribution is 6.34. The van der Waals surface area contributed by atoms with Crippen molar-refractivity contribution < 1.29 is 9.59 Å². The first-order valence-electron chi connectivity index (χ1n) is 8.94. The molecule has 1 aromatic rings. The molecule has 138 valence electrons. The molecule has 0 aliphatic heterocycles. The number of carbonyl (C=O) groups excluding carboxylic acids is 2. The van der Waals surface area contributed by atoms with E-state index in [-0.39, 0.29) is 23.8 Å². The summed E-state index contributed by atoms with van der Waals surface area (Å²) in [4.78, 5) is 26.6. The minimum atomic E-state index is -0.586. The van der Waals surface area contributed by atoms with Crippen molar-refractivity contribution in [1.82, 2.24) is 4.90 Å². The Balaban J connectivity index is 2.08. The van der Waals surface area contributed by atoms with Gasteiger partial charge in [0.05, 0.1) is 16.6 Å². The average Bonchev–Trinajstić information content (AvgIpc) is 2.60. The van der Waals surface area contributed by atoms with Gasteiger partial charge in [-0.05, 0) is 37.0 Å². The molecular weight excluding hydrogens is 338 g/mol. The molecule has 1 aromatic carbocycles. The summed E-state index contributed by atoms with van der Waals surface area (Å²) in [6.45, 7) is 3.78. The maximum Gasteiger partial charge on any atom is 0.255 e. The molecule has 2 amide bonds. The zero-order valence-corrected chi connectivity index (χ0v) is 16.0. The summed E-state index contributed by atoms with van der Waals surface area (Å²) in [5.41, 5.74) is 6.84. The van der Waals surface area contributed by atoms with Crippen molar-refractivity contribution in [2.24, 2.45) is 11.7 Å². The second-order valence-corrected chi connectivity index (χ2v) is 7.57. The van der Waals surface area contributed by atoms with Crippen LogP contribution in [-0.4, -0.2) is 35.8 Å². The molecule has 1 fully saturated rings. The largest absolute Gasteiger partial charge is 0.339 e. The van der Waals surface area contributed by atoms with Crippen LogP contribution in [0.5, 0.6) is 0 Å². The van der Waals surface area contributed by atoms with Crippen LogP contribution < -0.4 is 11.1 Å². The number of halogens is 1. The van der Waals surface area contributed by atoms with Crippen molar-refractivity contribution in [3.8, 4) is 0 Å². The van der Waals surface area contributed by atoms with Crippen molar-refractivity contribution in [3.05, 3.63) is 28.8 Å². The maximum absolute atomic E-state index is 12.7. The van der Waals surface area contributed by atoms with Gasteiger partial charge in [-0.15, -0.1) is 0 Å². The summed E-state index contributed by atoms with van der Waals surface area (Å²) >= 11 is 6.30. The van der Waals surface area contributed by atoms with Crippen molar-refractivity contribution >= 4 is 29.1 Å². The molecule has 6 heteroatoms. The number of nitrogens with one attached hydrogen (secondary N) is 1. The Morgan fingerprint density at radius 2 is 1.88 bits per heavy atom. The predicted molar refractivity (Wildman–Crippen MR) is 102 cm³/mol. The number of carbonyl (C=O) groups is 2. The molecule has 0 bridgehead atoms. The van der Waals surface area contributed by atoms with Gasteiger partial charge in [-0.25, -0.2) is 0 Å². The minimum Gasteiger partial charge on any atom is -0.339 e. The molecule has 0 spiro atoms. The van der Waals surface area contributed by atoms with Crippen LogP contribution in [-0.2, 0) is 4.79 Å². The Kier molecular flexibility index (Phi) is 6.85. The highest BCUT2D eigenvalue weighted by Crippen LogP contribution is 2.26. The van der Waals surface area contributed by atoms with Gasteiger partial charge in [0.25, 0.3) is 5.91 Å². The first-order chi connectivity index (χ1) is 11.8. The Hall–Kier alpha value is -1.59. The van der Waals surface area contributed by atoms with Gasteiger partial charge in [-0.3, -0.25) is 9.59 Å². The molecule has 1 atom stereocenters. The summed E-state index contributed by atoms with van der Waals surface area (Å²) in [6.07, 6.45) is 5.66. The molecule has 0 unspecified atom stereocenters. The first-order valence-corrected chi connectivity index (χ1v) is 9.32. The van der Waals surface area contributed by atoms with E-state index in [2.05, 4.69) is 5.32 Å². The fourth-order valence-electron chi connectivity index (χ4n) is 3.12. The van der Waals surface area contributed by atoms with E-state index in [0.29, 0.717) is 16.3 Å². The number of nitrogens with two attached hydrogens (primary N) is 1. The summed E-state index contributed by atoms with van der Waals surface area (Å²) in [6, 6.07) is 4.66. The molecule has 1 aliphatic carbocycles. The van der Waals surface area contributed by atoms with Gasteiger partial charge in [-0.1, -0.05) is 44.7 Å². The van der Waals surface area contributed by atoms with E-state index in [4.69, 9.17) is 17.3 Å². The molecule has 1 aliphatic rings. The highest BCUT2D eigenvalue weighted by atomic mass is 35.5. The normalized spacial score (nSPS) is 16.6. The van der Waals surface area contributed by atoms with E-state index in [1.54, 1.807) is 23.1 Å². The van der Waals surface area contributed by atoms with Crippen LogP contribution >= 0.6 is 11.6 Å². The number of rotatable bonds is 5. The third-order valence-electron chi connectivity index (χ3n) is 4.93. The van der Waals surface area contributed by atoms with Crippen LogP contribution in [0, 0.1) is 5.92 Å². The fraction of sp³-hybridized carbons (Fsp3) is 0.579. The van der Waals surface area contributed by atoms with Gasteiger partial charge in [0.2, 0.25) is 5.91 Å². The van der Waals surface area contributed by atoms with E-state index in [9.17, 15) is 9.59 Å². The number of benzene rings is 1. The Bertz CT molecular complexity index is 627. The second kappa shape index (κ2) is 8.68. The fourth-order valence-corrected chi connectivity index (χ4v) is 3.38. The number of nitrogens with zero attached hydrogens (tertiary/aromatic N) is 1. The van der Waals surface area contributed by atoms with Gasteiger partial charge < -0.3 is 16.0 Å². The van der Waals surface area contributed by atoms with E-state index in [1.165, 1.54) is 6.42 Å². The lowest BCUT2D eigenvalue weighted by atomic mass is 9.94. The number of hydrogen-bond donors (Lipinski definition) is 2. The summed E-state index contributed by atoms with van der Waals surface area (Å²) in [7, 11) is 1.84. The SMILES string of the molecule is CC(C)[C@H](N)C(=O)Nc1ccc(C(=O)N(C)C2CCCCC2)c(Cl)c1. The monoisotopic (exact) mass is 365 g/mol. The van der Waals surface area contributed by atoms with Crippen molar-refractivity contribution in [2.75, 3.05) is 12.4 Å². The third-order valence-corrected chi connectivity index (χ3v) is 5.24. The van der Waals surface area contributed by atoms with Gasteiger partial charge in [0, 0.05) is 18.8 Å². The highest BCUT2D eigenvalue weighted by Gasteiger charge is 2.24. The number of anilines is 1. The molecule has 0 aromatic heterocycles. The average molecular weight is 366 g/mol. The lowest BCUT2D eigenvalue weighted by molar-refractivity contribution is -0.118. The summed E-state index contributed by atoms with van der Waals surface area (Å²) < 4.78 is 0. The third kappa shape index (κ3) is 4.95.